The highest BCUT2D eigenvalue weighted by molar-refractivity contribution is 7.71. The number of imidazole rings is 1. The molecule has 20 heavy (non-hydrogen) atoms. The monoisotopic (exact) mass is 306 g/mol. The molecule has 2 nitrogen and oxygen atoms in total. The Balaban J connectivity index is 2.11. The highest BCUT2D eigenvalue weighted by atomic mass is 35.5. The Morgan fingerprint density at radius 2 is 1.95 bits per heavy atom. The van der Waals surface area contributed by atoms with E-state index < -0.39 is 0 Å². The third kappa shape index (κ3) is 2.37. The van der Waals surface area contributed by atoms with Gasteiger partial charge in [0.1, 0.15) is 5.82 Å². The van der Waals surface area contributed by atoms with E-state index in [1.54, 1.807) is 6.92 Å². The van der Waals surface area contributed by atoms with Crippen molar-refractivity contribution in [2.45, 2.75) is 13.5 Å². The molecule has 2 aromatic carbocycles. The largest absolute Gasteiger partial charge is 0.330 e. The van der Waals surface area contributed by atoms with Crippen molar-refractivity contribution in [3.8, 4) is 0 Å². The Kier molecular flexibility index (Phi) is 3.36. The van der Waals surface area contributed by atoms with Crippen LogP contribution in [-0.2, 0) is 6.54 Å². The van der Waals surface area contributed by atoms with Gasteiger partial charge in [0.2, 0.25) is 0 Å². The normalized spacial score (nSPS) is 11.2. The van der Waals surface area contributed by atoms with Crippen LogP contribution in [-0.4, -0.2) is 9.55 Å². The average Bonchev–Trinajstić information content (AvgIpc) is 2.69. The number of aromatic nitrogens is 2. The van der Waals surface area contributed by atoms with Crippen LogP contribution in [0.15, 0.2) is 36.4 Å². The second-order valence-corrected chi connectivity index (χ2v) is 5.58. The van der Waals surface area contributed by atoms with Crippen LogP contribution in [0.5, 0.6) is 0 Å². The summed E-state index contributed by atoms with van der Waals surface area (Å²) in [5.74, 6) is -0.229. The molecule has 3 aromatic rings. The maximum Gasteiger partial charge on any atom is 0.178 e. The van der Waals surface area contributed by atoms with Gasteiger partial charge in [0.15, 0.2) is 4.77 Å². The lowest BCUT2D eigenvalue weighted by Crippen LogP contribution is -1.99. The van der Waals surface area contributed by atoms with E-state index in [2.05, 4.69) is 4.98 Å². The number of rotatable bonds is 2. The number of nitrogens with one attached hydrogen (secondary N) is 1. The number of hydrogen-bond acceptors (Lipinski definition) is 1. The molecular formula is C15H12ClFN2S. The van der Waals surface area contributed by atoms with Gasteiger partial charge in [-0.15, -0.1) is 0 Å². The molecule has 0 saturated carbocycles. The average molecular weight is 307 g/mol. The smallest absolute Gasteiger partial charge is 0.178 e. The van der Waals surface area contributed by atoms with Crippen LogP contribution in [0.3, 0.4) is 0 Å². The first kappa shape index (κ1) is 13.3. The van der Waals surface area contributed by atoms with Crippen molar-refractivity contribution in [2.24, 2.45) is 0 Å². The van der Waals surface area contributed by atoms with E-state index in [4.69, 9.17) is 23.8 Å². The number of H-pyrrole nitrogens is 1. The van der Waals surface area contributed by atoms with Crippen molar-refractivity contribution in [2.75, 3.05) is 0 Å². The molecule has 1 aromatic heterocycles. The summed E-state index contributed by atoms with van der Waals surface area (Å²) in [7, 11) is 0. The van der Waals surface area contributed by atoms with Gasteiger partial charge in [-0.05, 0) is 54.5 Å². The maximum atomic E-state index is 13.6. The third-order valence-electron chi connectivity index (χ3n) is 3.31. The minimum Gasteiger partial charge on any atom is -0.330 e. The van der Waals surface area contributed by atoms with E-state index in [0.29, 0.717) is 27.4 Å². The summed E-state index contributed by atoms with van der Waals surface area (Å²) < 4.78 is 16.1. The van der Waals surface area contributed by atoms with E-state index >= 15 is 0 Å². The van der Waals surface area contributed by atoms with Crippen LogP contribution in [0.1, 0.15) is 11.1 Å². The van der Waals surface area contributed by atoms with Crippen molar-refractivity contribution in [1.29, 1.82) is 0 Å². The summed E-state index contributed by atoms with van der Waals surface area (Å²) in [6.45, 7) is 2.37. The molecule has 0 radical (unpaired) electrons. The Hall–Kier alpha value is -1.65. The highest BCUT2D eigenvalue weighted by Gasteiger charge is 2.08. The molecule has 0 saturated heterocycles. The topological polar surface area (TPSA) is 20.7 Å². The standard InChI is InChI=1S/C15H12ClFN2S/c1-9-6-14-13(7-12(9)17)18-15(20)19(14)8-10-2-4-11(16)5-3-10/h2-7H,8H2,1H3,(H,18,20). The van der Waals surface area contributed by atoms with Gasteiger partial charge in [-0.1, -0.05) is 23.7 Å². The van der Waals surface area contributed by atoms with Crippen LogP contribution in [0, 0.1) is 17.5 Å². The molecule has 1 heterocycles. The van der Waals surface area contributed by atoms with E-state index in [1.807, 2.05) is 34.9 Å². The lowest BCUT2D eigenvalue weighted by Gasteiger charge is -2.06. The minimum atomic E-state index is -0.229. The first-order valence-electron chi connectivity index (χ1n) is 6.18. The SMILES string of the molecule is Cc1cc2c(cc1F)[nH]c(=S)n2Cc1ccc(Cl)cc1. The molecule has 102 valence electrons. The molecule has 0 aliphatic rings. The van der Waals surface area contributed by atoms with Crippen molar-refractivity contribution >= 4 is 34.9 Å². The number of halogens is 2. The summed E-state index contributed by atoms with van der Waals surface area (Å²) in [5.41, 5.74) is 3.32. The molecule has 0 unspecified atom stereocenters. The van der Waals surface area contributed by atoms with E-state index in [1.165, 1.54) is 6.07 Å². The zero-order chi connectivity index (χ0) is 14.3. The minimum absolute atomic E-state index is 0.229. The van der Waals surface area contributed by atoms with Crippen molar-refractivity contribution in [3.63, 3.8) is 0 Å². The molecule has 0 fully saturated rings. The summed E-state index contributed by atoms with van der Waals surface area (Å²) in [5, 5.41) is 0.703. The van der Waals surface area contributed by atoms with Gasteiger partial charge in [0, 0.05) is 5.02 Å². The van der Waals surface area contributed by atoms with Gasteiger partial charge in [0.25, 0.3) is 0 Å². The fourth-order valence-electron chi connectivity index (χ4n) is 2.21. The van der Waals surface area contributed by atoms with Gasteiger partial charge in [0.05, 0.1) is 17.6 Å². The lowest BCUT2D eigenvalue weighted by atomic mass is 10.2. The first-order chi connectivity index (χ1) is 9.54. The summed E-state index contributed by atoms with van der Waals surface area (Å²) >= 11 is 11.2. The number of hydrogen-bond donors (Lipinski definition) is 1. The molecule has 0 spiro atoms. The van der Waals surface area contributed by atoms with E-state index in [0.717, 1.165) is 11.1 Å². The van der Waals surface area contributed by atoms with E-state index in [-0.39, 0.29) is 5.82 Å². The molecule has 5 heteroatoms. The Labute approximate surface area is 125 Å². The fraction of sp³-hybridized carbons (Fsp3) is 0.133. The molecule has 1 N–H and O–H groups in total. The summed E-state index contributed by atoms with van der Waals surface area (Å²) in [6, 6.07) is 10.9. The van der Waals surface area contributed by atoms with Crippen LogP contribution in [0.25, 0.3) is 11.0 Å². The summed E-state index contributed by atoms with van der Waals surface area (Å²) in [6.07, 6.45) is 0. The van der Waals surface area contributed by atoms with Gasteiger partial charge in [-0.3, -0.25) is 0 Å². The Morgan fingerprint density at radius 3 is 2.65 bits per heavy atom. The predicted molar refractivity (Wildman–Crippen MR) is 82.4 cm³/mol. The molecule has 0 amide bonds. The van der Waals surface area contributed by atoms with Gasteiger partial charge in [-0.25, -0.2) is 4.39 Å². The van der Waals surface area contributed by atoms with Gasteiger partial charge < -0.3 is 9.55 Å². The number of benzene rings is 2. The predicted octanol–water partition coefficient (Wildman–Crippen LogP) is 4.85. The number of aromatic amines is 1. The van der Waals surface area contributed by atoms with Gasteiger partial charge in [-0.2, -0.15) is 0 Å². The molecule has 0 bridgehead atoms. The van der Waals surface area contributed by atoms with Crippen LogP contribution in [0.2, 0.25) is 5.02 Å². The second-order valence-electron chi connectivity index (χ2n) is 4.76. The zero-order valence-electron chi connectivity index (χ0n) is 10.8. The van der Waals surface area contributed by atoms with Crippen molar-refractivity contribution < 1.29 is 4.39 Å². The molecule has 3 rings (SSSR count). The third-order valence-corrected chi connectivity index (χ3v) is 3.88. The van der Waals surface area contributed by atoms with Crippen molar-refractivity contribution in [3.05, 3.63) is 63.1 Å². The van der Waals surface area contributed by atoms with Crippen molar-refractivity contribution in [1.82, 2.24) is 9.55 Å². The molecule has 0 atom stereocenters. The lowest BCUT2D eigenvalue weighted by molar-refractivity contribution is 0.620. The highest BCUT2D eigenvalue weighted by Crippen LogP contribution is 2.20. The summed E-state index contributed by atoms with van der Waals surface area (Å²) in [4.78, 5) is 3.04. The zero-order valence-corrected chi connectivity index (χ0v) is 12.4. The number of nitrogens with zero attached hydrogens (tertiary/aromatic N) is 1. The van der Waals surface area contributed by atoms with Crippen LogP contribution in [0.4, 0.5) is 4.39 Å². The maximum absolute atomic E-state index is 13.6. The molecule has 0 aliphatic carbocycles. The Morgan fingerprint density at radius 1 is 1.25 bits per heavy atom. The first-order valence-corrected chi connectivity index (χ1v) is 6.96. The van der Waals surface area contributed by atoms with Crippen LogP contribution < -0.4 is 0 Å². The number of aryl methyl sites for hydroxylation is 1. The van der Waals surface area contributed by atoms with Crippen LogP contribution >= 0.6 is 23.8 Å². The second kappa shape index (κ2) is 5.04. The quantitative estimate of drug-likeness (QED) is 0.671. The fourth-order valence-corrected chi connectivity index (χ4v) is 2.61. The van der Waals surface area contributed by atoms with E-state index in [9.17, 15) is 4.39 Å². The number of fused-ring (bicyclic) bond motifs is 1. The molecule has 0 aliphatic heterocycles. The Bertz CT molecular complexity index is 833. The van der Waals surface area contributed by atoms with Gasteiger partial charge >= 0.3 is 0 Å². The molecular weight excluding hydrogens is 295 g/mol.